The van der Waals surface area contributed by atoms with Crippen molar-refractivity contribution in [3.05, 3.63) is 104 Å². The average molecular weight is 901 g/mol. The van der Waals surface area contributed by atoms with E-state index in [0.717, 1.165) is 145 Å². The van der Waals surface area contributed by atoms with Crippen LogP contribution in [0, 0.1) is 32.1 Å². The minimum atomic E-state index is -0.528. The molecule has 4 aromatic carbocycles. The Kier molecular flexibility index (Phi) is 17.2. The zero-order valence-corrected chi connectivity index (χ0v) is 39.3. The molecule has 0 aliphatic carbocycles. The molecule has 0 saturated heterocycles. The molecule has 0 aliphatic heterocycles. The normalized spacial score (nSPS) is 13.2. The smallest absolute Gasteiger partial charge is 0.331 e. The summed E-state index contributed by atoms with van der Waals surface area (Å²) in [5, 5.41) is 35.7. The van der Waals surface area contributed by atoms with E-state index in [0.29, 0.717) is 36.1 Å². The van der Waals surface area contributed by atoms with E-state index in [2.05, 4.69) is 53.2 Å². The van der Waals surface area contributed by atoms with Gasteiger partial charge in [-0.05, 0) is 80.7 Å². The number of hydrogen-bond acceptors (Lipinski definition) is 10. The van der Waals surface area contributed by atoms with Crippen LogP contribution in [0.2, 0.25) is 0 Å². The SMILES string of the molecule is CCCCC(CC)Cn1c2ccc(/C(CCCCCC/C(=N/OC(C)=O)c3ccc4c5cc([N+](=O)[O-])ccc5n(CC(CC)CCCC)c4c3)=N/OC(C)=O)cc2c2cc([N+](=O)[O-])ccc21. The first kappa shape index (κ1) is 49.0. The van der Waals surface area contributed by atoms with Crippen LogP contribution in [0.25, 0.3) is 43.6 Å². The molecule has 0 saturated carbocycles. The van der Waals surface area contributed by atoms with Crippen LogP contribution < -0.4 is 0 Å². The Morgan fingerprint density at radius 3 is 1.42 bits per heavy atom. The molecular formula is C52H64N6O8. The standard InChI is InChI=1S/C52H64N6O8/c1-7-11-17-37(9-3)33-55-49-26-22-39(29-44(49)46-32-42(58(63)64)24-28-51(46)55)47(53-65-35(5)59)19-15-13-14-16-20-48(54-66-36(6)60)40-21-25-43-45-31-41(57(61)62)23-27-50(45)56(52(43)30-40)34-38(10-4)18-12-8-2/h21-32,37-38H,7-20,33-34H2,1-6H3/b53-47+,54-48-. The number of fused-ring (bicyclic) bond motifs is 6. The summed E-state index contributed by atoms with van der Waals surface area (Å²) in [7, 11) is 0. The fraction of sp³-hybridized carbons (Fsp3) is 0.462. The largest absolute Gasteiger partial charge is 0.340 e. The lowest BCUT2D eigenvalue weighted by molar-refractivity contribution is -0.384. The van der Waals surface area contributed by atoms with Crippen LogP contribution in [0.4, 0.5) is 11.4 Å². The predicted octanol–water partition coefficient (Wildman–Crippen LogP) is 13.7. The van der Waals surface area contributed by atoms with E-state index in [-0.39, 0.29) is 21.2 Å². The molecule has 0 fully saturated rings. The number of carbonyl (C=O) groups is 2. The summed E-state index contributed by atoms with van der Waals surface area (Å²) in [5.74, 6) is -0.148. The van der Waals surface area contributed by atoms with E-state index in [4.69, 9.17) is 9.68 Å². The molecule has 0 aliphatic rings. The highest BCUT2D eigenvalue weighted by Gasteiger charge is 2.21. The monoisotopic (exact) mass is 900 g/mol. The molecular weight excluding hydrogens is 837 g/mol. The Balaban J connectivity index is 1.22. The molecule has 0 radical (unpaired) electrons. The van der Waals surface area contributed by atoms with Gasteiger partial charge in [-0.15, -0.1) is 0 Å². The van der Waals surface area contributed by atoms with Crippen molar-refractivity contribution in [3.63, 3.8) is 0 Å². The van der Waals surface area contributed by atoms with Gasteiger partial charge in [0, 0.05) is 106 Å². The van der Waals surface area contributed by atoms with E-state index in [9.17, 15) is 29.8 Å². The van der Waals surface area contributed by atoms with Gasteiger partial charge in [-0.2, -0.15) is 0 Å². The Morgan fingerprint density at radius 2 is 0.970 bits per heavy atom. The maximum Gasteiger partial charge on any atom is 0.331 e. The fourth-order valence-electron chi connectivity index (χ4n) is 9.17. The number of non-ortho nitro benzene ring substituents is 2. The van der Waals surface area contributed by atoms with Gasteiger partial charge in [-0.25, -0.2) is 9.59 Å². The van der Waals surface area contributed by atoms with E-state index >= 15 is 0 Å². The molecule has 2 aromatic heterocycles. The Morgan fingerprint density at radius 1 is 0.545 bits per heavy atom. The lowest BCUT2D eigenvalue weighted by Gasteiger charge is -2.17. The Bertz CT molecular complexity index is 2770. The van der Waals surface area contributed by atoms with Crippen molar-refractivity contribution in [2.45, 2.75) is 145 Å². The van der Waals surface area contributed by atoms with Gasteiger partial charge in [-0.1, -0.05) is 108 Å². The topological polar surface area (TPSA) is 173 Å². The van der Waals surface area contributed by atoms with Crippen molar-refractivity contribution in [1.29, 1.82) is 0 Å². The summed E-state index contributed by atoms with van der Waals surface area (Å²) in [4.78, 5) is 57.3. The van der Waals surface area contributed by atoms with Gasteiger partial charge >= 0.3 is 11.9 Å². The van der Waals surface area contributed by atoms with Gasteiger partial charge in [0.1, 0.15) is 0 Å². The Hall–Kier alpha value is -6.44. The molecule has 0 spiro atoms. The van der Waals surface area contributed by atoms with Gasteiger partial charge in [0.2, 0.25) is 0 Å². The van der Waals surface area contributed by atoms with Crippen LogP contribution >= 0.6 is 0 Å². The molecule has 350 valence electrons. The second-order valence-electron chi connectivity index (χ2n) is 17.6. The highest BCUT2D eigenvalue weighted by Crippen LogP contribution is 2.36. The zero-order chi connectivity index (χ0) is 47.3. The van der Waals surface area contributed by atoms with Gasteiger partial charge in [0.25, 0.3) is 11.4 Å². The van der Waals surface area contributed by atoms with E-state index in [1.807, 2.05) is 42.5 Å². The van der Waals surface area contributed by atoms with Crippen molar-refractivity contribution in [2.24, 2.45) is 22.1 Å². The van der Waals surface area contributed by atoms with E-state index in [1.54, 1.807) is 24.3 Å². The molecule has 0 amide bonds. The first-order valence-corrected chi connectivity index (χ1v) is 23.8. The minimum absolute atomic E-state index is 0.0276. The summed E-state index contributed by atoms with van der Waals surface area (Å²) in [6.07, 6.45) is 12.9. The van der Waals surface area contributed by atoms with Crippen LogP contribution in [-0.4, -0.2) is 42.3 Å². The first-order valence-electron chi connectivity index (χ1n) is 23.8. The third-order valence-corrected chi connectivity index (χ3v) is 12.9. The fourth-order valence-corrected chi connectivity index (χ4v) is 9.17. The molecule has 66 heavy (non-hydrogen) atoms. The van der Waals surface area contributed by atoms with E-state index in [1.165, 1.54) is 13.8 Å². The first-order chi connectivity index (χ1) is 31.9. The second kappa shape index (κ2) is 23.1. The number of unbranched alkanes of at least 4 members (excludes halogenated alkanes) is 5. The number of hydrogen-bond donors (Lipinski definition) is 0. The molecule has 2 atom stereocenters. The molecule has 0 N–H and O–H groups in total. The molecule has 2 unspecified atom stereocenters. The summed E-state index contributed by atoms with van der Waals surface area (Å²) in [5.41, 5.74) is 6.73. The molecule has 0 bridgehead atoms. The number of rotatable bonds is 25. The minimum Gasteiger partial charge on any atom is -0.340 e. The summed E-state index contributed by atoms with van der Waals surface area (Å²) >= 11 is 0. The third-order valence-electron chi connectivity index (χ3n) is 12.9. The van der Waals surface area contributed by atoms with Crippen LogP contribution in [0.3, 0.4) is 0 Å². The molecule has 6 rings (SSSR count). The van der Waals surface area contributed by atoms with E-state index < -0.39 is 11.9 Å². The number of nitro benzene ring substituents is 2. The molecule has 14 nitrogen and oxygen atoms in total. The third kappa shape index (κ3) is 11.9. The van der Waals surface area contributed by atoms with Crippen molar-refractivity contribution in [3.8, 4) is 0 Å². The number of carbonyl (C=O) groups excluding carboxylic acids is 2. The zero-order valence-electron chi connectivity index (χ0n) is 39.3. The molecule has 14 heteroatoms. The van der Waals surface area contributed by atoms with Gasteiger partial charge in [-0.3, -0.25) is 20.2 Å². The van der Waals surface area contributed by atoms with Gasteiger partial charge in [0.05, 0.1) is 21.3 Å². The van der Waals surface area contributed by atoms with Gasteiger partial charge in [0.15, 0.2) is 0 Å². The number of nitro groups is 2. The van der Waals surface area contributed by atoms with Crippen molar-refractivity contribution in [2.75, 3.05) is 0 Å². The van der Waals surface area contributed by atoms with Crippen LogP contribution in [0.5, 0.6) is 0 Å². The van der Waals surface area contributed by atoms with Gasteiger partial charge < -0.3 is 18.8 Å². The van der Waals surface area contributed by atoms with Crippen molar-refractivity contribution >= 4 is 78.3 Å². The quantitative estimate of drug-likeness (QED) is 0.0179. The second-order valence-corrected chi connectivity index (χ2v) is 17.6. The number of nitrogens with zero attached hydrogens (tertiary/aromatic N) is 6. The summed E-state index contributed by atoms with van der Waals surface area (Å²) < 4.78 is 4.56. The predicted molar refractivity (Wildman–Crippen MR) is 263 cm³/mol. The maximum atomic E-state index is 12.0. The summed E-state index contributed by atoms with van der Waals surface area (Å²) in [6.45, 7) is 13.0. The summed E-state index contributed by atoms with van der Waals surface area (Å²) in [6, 6.07) is 22.2. The van der Waals surface area contributed by atoms with Crippen molar-refractivity contribution in [1.82, 2.24) is 9.13 Å². The number of oxime groups is 2. The van der Waals surface area contributed by atoms with Crippen LogP contribution in [0.1, 0.15) is 143 Å². The Labute approximate surface area is 386 Å². The van der Waals surface area contributed by atoms with Crippen molar-refractivity contribution < 1.29 is 29.1 Å². The molecule has 2 heterocycles. The van der Waals surface area contributed by atoms with Crippen LogP contribution in [-0.2, 0) is 32.4 Å². The molecule has 6 aromatic rings. The highest BCUT2D eigenvalue weighted by molar-refractivity contribution is 6.13. The maximum absolute atomic E-state index is 12.0. The highest BCUT2D eigenvalue weighted by atomic mass is 16.7. The number of aromatic nitrogens is 2. The van der Waals surface area contributed by atoms with Crippen LogP contribution in [0.15, 0.2) is 83.1 Å². The lowest BCUT2D eigenvalue weighted by atomic mass is 9.98. The average Bonchev–Trinajstić information content (AvgIpc) is 3.78. The number of benzene rings is 4. The lowest BCUT2D eigenvalue weighted by Crippen LogP contribution is -2.10.